The van der Waals surface area contributed by atoms with Gasteiger partial charge in [0.25, 0.3) is 0 Å². The average Bonchev–Trinajstić information content (AvgIpc) is 2.50. The molecule has 0 spiro atoms. The highest BCUT2D eigenvalue weighted by atomic mass is 79.9. The van der Waals surface area contributed by atoms with Crippen molar-refractivity contribution in [3.8, 4) is 0 Å². The third-order valence-corrected chi connectivity index (χ3v) is 5.27. The lowest BCUT2D eigenvalue weighted by atomic mass is 9.67. The molecule has 0 amide bonds. The molecule has 0 radical (unpaired) electrons. The predicted molar refractivity (Wildman–Crippen MR) is 85.9 cm³/mol. The highest BCUT2D eigenvalue weighted by Gasteiger charge is 2.36. The van der Waals surface area contributed by atoms with Crippen LogP contribution in [-0.2, 0) is 18.3 Å². The summed E-state index contributed by atoms with van der Waals surface area (Å²) in [4.78, 5) is 0. The van der Waals surface area contributed by atoms with Gasteiger partial charge >= 0.3 is 0 Å². The number of halogens is 2. The molecule has 3 rings (SSSR count). The number of aryl methyl sites for hydroxylation is 1. The van der Waals surface area contributed by atoms with Gasteiger partial charge in [0.05, 0.1) is 6.61 Å². The molecule has 0 aliphatic heterocycles. The molecule has 1 aliphatic carbocycles. The Morgan fingerprint density at radius 2 is 2.00 bits per heavy atom. The van der Waals surface area contributed by atoms with Crippen LogP contribution in [0.2, 0.25) is 0 Å². The summed E-state index contributed by atoms with van der Waals surface area (Å²) in [5.41, 5.74) is 3.36. The number of fused-ring (bicyclic) bond motifs is 1. The lowest BCUT2D eigenvalue weighted by molar-refractivity contribution is 0.173. The van der Waals surface area contributed by atoms with Crippen LogP contribution >= 0.6 is 15.9 Å². The molecular weight excluding hydrogens is 331 g/mol. The molecule has 1 nitrogen and oxygen atoms in total. The van der Waals surface area contributed by atoms with Crippen molar-refractivity contribution in [1.29, 1.82) is 0 Å². The van der Waals surface area contributed by atoms with Crippen LogP contribution in [0.4, 0.5) is 4.39 Å². The Labute approximate surface area is 132 Å². The van der Waals surface area contributed by atoms with Gasteiger partial charge in [-0.15, -0.1) is 0 Å². The minimum Gasteiger partial charge on any atom is -0.395 e. The van der Waals surface area contributed by atoms with Crippen molar-refractivity contribution < 1.29 is 9.50 Å². The van der Waals surface area contributed by atoms with E-state index in [1.165, 1.54) is 23.3 Å². The van der Waals surface area contributed by atoms with Crippen LogP contribution in [0.5, 0.6) is 0 Å². The Hall–Kier alpha value is -1.19. The Kier molecular flexibility index (Phi) is 4.14. The average molecular weight is 349 g/mol. The van der Waals surface area contributed by atoms with Gasteiger partial charge in [-0.25, -0.2) is 4.39 Å². The fourth-order valence-corrected chi connectivity index (χ4v) is 3.93. The molecule has 0 bridgehead atoms. The van der Waals surface area contributed by atoms with E-state index in [1.54, 1.807) is 0 Å². The van der Waals surface area contributed by atoms with Crippen molar-refractivity contribution in [2.75, 3.05) is 6.61 Å². The van der Waals surface area contributed by atoms with Gasteiger partial charge in [0, 0.05) is 9.89 Å². The summed E-state index contributed by atoms with van der Waals surface area (Å²) in [5, 5.41) is 10.1. The van der Waals surface area contributed by atoms with Crippen molar-refractivity contribution >= 4 is 15.9 Å². The summed E-state index contributed by atoms with van der Waals surface area (Å²) in [6, 6.07) is 13.2. The fraction of sp³-hybridized carbons (Fsp3) is 0.333. The first kappa shape index (κ1) is 14.7. The Morgan fingerprint density at radius 1 is 1.19 bits per heavy atom. The molecule has 0 aromatic heterocycles. The van der Waals surface area contributed by atoms with Crippen LogP contribution in [0.3, 0.4) is 0 Å². The lowest BCUT2D eigenvalue weighted by Gasteiger charge is -2.38. The zero-order valence-electron chi connectivity index (χ0n) is 11.8. The monoisotopic (exact) mass is 348 g/mol. The van der Waals surface area contributed by atoms with Crippen molar-refractivity contribution in [1.82, 2.24) is 0 Å². The fourth-order valence-electron chi connectivity index (χ4n) is 3.44. The van der Waals surface area contributed by atoms with Crippen LogP contribution < -0.4 is 0 Å². The number of hydrogen-bond acceptors (Lipinski definition) is 1. The second-order valence-corrected chi connectivity index (χ2v) is 6.72. The molecule has 1 atom stereocenters. The standard InChI is InChI=1S/C18H18BrFO/c19-17-10-15(20)8-7-14(17)11-18(12-21)9-3-5-13-4-1-2-6-16(13)18/h1-2,4,6-8,10,21H,3,5,9,11-12H2. The highest BCUT2D eigenvalue weighted by molar-refractivity contribution is 9.10. The van der Waals surface area contributed by atoms with Gasteiger partial charge in [0.15, 0.2) is 0 Å². The first-order valence-electron chi connectivity index (χ1n) is 7.28. The number of hydrogen-bond donors (Lipinski definition) is 1. The van der Waals surface area contributed by atoms with Crippen LogP contribution in [0.1, 0.15) is 29.5 Å². The highest BCUT2D eigenvalue weighted by Crippen LogP contribution is 2.40. The van der Waals surface area contributed by atoms with Gasteiger partial charge < -0.3 is 5.11 Å². The topological polar surface area (TPSA) is 20.2 Å². The third kappa shape index (κ3) is 2.77. The van der Waals surface area contributed by atoms with Crippen molar-refractivity contribution in [3.63, 3.8) is 0 Å². The van der Waals surface area contributed by atoms with Crippen LogP contribution in [0.15, 0.2) is 46.9 Å². The summed E-state index contributed by atoms with van der Waals surface area (Å²) in [5.74, 6) is -0.243. The van der Waals surface area contributed by atoms with E-state index in [0.29, 0.717) is 0 Å². The zero-order chi connectivity index (χ0) is 14.9. The molecule has 2 aromatic rings. The molecule has 0 fully saturated rings. The van der Waals surface area contributed by atoms with E-state index in [-0.39, 0.29) is 17.8 Å². The van der Waals surface area contributed by atoms with Gasteiger partial charge in [-0.3, -0.25) is 0 Å². The van der Waals surface area contributed by atoms with Crippen molar-refractivity contribution in [2.24, 2.45) is 0 Å². The molecule has 1 aliphatic rings. The first-order chi connectivity index (χ1) is 10.1. The van der Waals surface area contributed by atoms with Crippen LogP contribution in [0.25, 0.3) is 0 Å². The molecule has 0 saturated heterocycles. The largest absolute Gasteiger partial charge is 0.395 e. The lowest BCUT2D eigenvalue weighted by Crippen LogP contribution is -2.37. The molecule has 3 heteroatoms. The second-order valence-electron chi connectivity index (χ2n) is 5.86. The maximum Gasteiger partial charge on any atom is 0.124 e. The zero-order valence-corrected chi connectivity index (χ0v) is 13.4. The Balaban J connectivity index is 2.02. The smallest absolute Gasteiger partial charge is 0.124 e. The Morgan fingerprint density at radius 3 is 2.76 bits per heavy atom. The van der Waals surface area contributed by atoms with E-state index in [0.717, 1.165) is 35.7 Å². The van der Waals surface area contributed by atoms with Crippen molar-refractivity contribution in [3.05, 3.63) is 69.4 Å². The number of rotatable bonds is 3. The van der Waals surface area contributed by atoms with Crippen LogP contribution in [0, 0.1) is 5.82 Å². The molecule has 1 unspecified atom stereocenters. The summed E-state index contributed by atoms with van der Waals surface area (Å²) >= 11 is 3.45. The molecule has 1 N–H and O–H groups in total. The molecule has 110 valence electrons. The van der Waals surface area contributed by atoms with E-state index in [2.05, 4.69) is 34.1 Å². The maximum absolute atomic E-state index is 13.3. The first-order valence-corrected chi connectivity index (χ1v) is 8.07. The summed E-state index contributed by atoms with van der Waals surface area (Å²) < 4.78 is 14.0. The third-order valence-electron chi connectivity index (χ3n) is 4.54. The van der Waals surface area contributed by atoms with Crippen LogP contribution in [-0.4, -0.2) is 11.7 Å². The molecular formula is C18H18BrFO. The molecule has 21 heavy (non-hydrogen) atoms. The van der Waals surface area contributed by atoms with E-state index in [9.17, 15) is 9.50 Å². The Bertz CT molecular complexity index is 655. The van der Waals surface area contributed by atoms with Crippen molar-refractivity contribution in [2.45, 2.75) is 31.1 Å². The van der Waals surface area contributed by atoms with Gasteiger partial charge in [0.1, 0.15) is 5.82 Å². The van der Waals surface area contributed by atoms with Gasteiger partial charge in [-0.2, -0.15) is 0 Å². The molecule has 0 heterocycles. The minimum absolute atomic E-state index is 0.119. The number of aliphatic hydroxyl groups is 1. The van der Waals surface area contributed by atoms with Gasteiger partial charge in [-0.1, -0.05) is 46.3 Å². The summed E-state index contributed by atoms with van der Waals surface area (Å²) in [6.07, 6.45) is 3.84. The minimum atomic E-state index is -0.255. The van der Waals surface area contributed by atoms with E-state index in [1.807, 2.05) is 12.1 Å². The quantitative estimate of drug-likeness (QED) is 0.871. The van der Waals surface area contributed by atoms with E-state index >= 15 is 0 Å². The van der Waals surface area contributed by atoms with E-state index in [4.69, 9.17) is 0 Å². The molecule has 2 aromatic carbocycles. The SMILES string of the molecule is OCC1(Cc2ccc(F)cc2Br)CCCc2ccccc21. The van der Waals surface area contributed by atoms with Gasteiger partial charge in [0.2, 0.25) is 0 Å². The predicted octanol–water partition coefficient (Wildman–Crippen LogP) is 4.40. The summed E-state index contributed by atoms with van der Waals surface area (Å²) in [6.45, 7) is 0.119. The van der Waals surface area contributed by atoms with Gasteiger partial charge in [-0.05, 0) is 54.5 Å². The number of benzene rings is 2. The molecule has 0 saturated carbocycles. The number of aliphatic hydroxyl groups excluding tert-OH is 1. The normalized spacial score (nSPS) is 21.1. The summed E-state index contributed by atoms with van der Waals surface area (Å²) in [7, 11) is 0. The maximum atomic E-state index is 13.3. The van der Waals surface area contributed by atoms with E-state index < -0.39 is 0 Å². The second kappa shape index (κ2) is 5.90.